The normalized spacial score (nSPS) is 12.2. The Balaban J connectivity index is 2.19. The van der Waals surface area contributed by atoms with Gasteiger partial charge in [0.15, 0.2) is 0 Å². The first-order valence-electron chi connectivity index (χ1n) is 6.00. The van der Waals surface area contributed by atoms with Gasteiger partial charge in [-0.15, -0.1) is 0 Å². The van der Waals surface area contributed by atoms with Gasteiger partial charge in [-0.05, 0) is 31.2 Å². The molecule has 1 N–H and O–H groups in total. The summed E-state index contributed by atoms with van der Waals surface area (Å²) >= 11 is 0. The summed E-state index contributed by atoms with van der Waals surface area (Å²) < 4.78 is 18.3. The Hall–Kier alpha value is -2.01. The van der Waals surface area contributed by atoms with Gasteiger partial charge in [0.05, 0.1) is 18.8 Å². The summed E-state index contributed by atoms with van der Waals surface area (Å²) in [6.45, 7) is 0. The number of benzene rings is 1. The highest BCUT2D eigenvalue weighted by Gasteiger charge is 2.13. The van der Waals surface area contributed by atoms with Crippen LogP contribution in [0.1, 0.15) is 17.3 Å². The Bertz CT molecular complexity index is 548. The molecule has 2 rings (SSSR count). The fourth-order valence-electron chi connectivity index (χ4n) is 1.91. The van der Waals surface area contributed by atoms with Crippen molar-refractivity contribution in [2.24, 2.45) is 0 Å². The van der Waals surface area contributed by atoms with Crippen LogP contribution in [0.4, 0.5) is 4.39 Å². The van der Waals surface area contributed by atoms with Crippen LogP contribution in [0.3, 0.4) is 0 Å². The maximum atomic E-state index is 13.2. The van der Waals surface area contributed by atoms with Gasteiger partial charge in [-0.1, -0.05) is 12.1 Å². The Morgan fingerprint density at radius 2 is 2.16 bits per heavy atom. The number of halogens is 1. The van der Waals surface area contributed by atoms with E-state index in [0.29, 0.717) is 12.3 Å². The van der Waals surface area contributed by atoms with Gasteiger partial charge in [0.2, 0.25) is 5.88 Å². The van der Waals surface area contributed by atoms with Gasteiger partial charge >= 0.3 is 0 Å². The third kappa shape index (κ3) is 3.48. The van der Waals surface area contributed by atoms with Crippen LogP contribution in [0.2, 0.25) is 0 Å². The Kier molecular flexibility index (Phi) is 4.41. The van der Waals surface area contributed by atoms with E-state index in [2.05, 4.69) is 15.3 Å². The SMILES string of the molecule is CNC(Cc1cccc(F)c1)c1cc(OC)ncn1. The average Bonchev–Trinajstić information content (AvgIpc) is 2.45. The van der Waals surface area contributed by atoms with Gasteiger partial charge < -0.3 is 10.1 Å². The molecule has 0 saturated carbocycles. The molecule has 5 heteroatoms. The average molecular weight is 261 g/mol. The lowest BCUT2D eigenvalue weighted by Gasteiger charge is -2.16. The van der Waals surface area contributed by atoms with Crippen molar-refractivity contribution >= 4 is 0 Å². The highest BCUT2D eigenvalue weighted by atomic mass is 19.1. The van der Waals surface area contributed by atoms with Crippen LogP contribution in [0, 0.1) is 5.82 Å². The lowest BCUT2D eigenvalue weighted by atomic mass is 10.0. The summed E-state index contributed by atoms with van der Waals surface area (Å²) in [5, 5.41) is 3.17. The number of hydrogen-bond donors (Lipinski definition) is 1. The number of likely N-dealkylation sites (N-methyl/N-ethyl adjacent to an activating group) is 1. The molecule has 1 heterocycles. The number of hydrogen-bond acceptors (Lipinski definition) is 4. The second kappa shape index (κ2) is 6.24. The van der Waals surface area contributed by atoms with E-state index in [0.717, 1.165) is 11.3 Å². The van der Waals surface area contributed by atoms with Crippen molar-refractivity contribution in [2.45, 2.75) is 12.5 Å². The van der Waals surface area contributed by atoms with E-state index in [1.807, 2.05) is 13.1 Å². The van der Waals surface area contributed by atoms with Crippen molar-refractivity contribution in [2.75, 3.05) is 14.2 Å². The number of ether oxygens (including phenoxy) is 1. The number of methoxy groups -OCH3 is 1. The largest absolute Gasteiger partial charge is 0.481 e. The summed E-state index contributed by atoms with van der Waals surface area (Å²) in [5.41, 5.74) is 1.73. The Labute approximate surface area is 111 Å². The molecule has 100 valence electrons. The van der Waals surface area contributed by atoms with Crippen LogP contribution >= 0.6 is 0 Å². The maximum Gasteiger partial charge on any atom is 0.216 e. The van der Waals surface area contributed by atoms with Gasteiger partial charge in [0.25, 0.3) is 0 Å². The van der Waals surface area contributed by atoms with Gasteiger partial charge in [-0.2, -0.15) is 0 Å². The standard InChI is InChI=1S/C14H16FN3O/c1-16-12(7-10-4-3-5-11(15)6-10)13-8-14(19-2)18-9-17-13/h3-6,8-9,12,16H,7H2,1-2H3. The van der Waals surface area contributed by atoms with E-state index in [-0.39, 0.29) is 11.9 Å². The van der Waals surface area contributed by atoms with E-state index in [4.69, 9.17) is 4.74 Å². The summed E-state index contributed by atoms with van der Waals surface area (Å²) in [5.74, 6) is 0.289. The van der Waals surface area contributed by atoms with Crippen LogP contribution in [0.25, 0.3) is 0 Å². The van der Waals surface area contributed by atoms with E-state index in [9.17, 15) is 4.39 Å². The summed E-state index contributed by atoms with van der Waals surface area (Å²) in [6.07, 6.45) is 2.11. The van der Waals surface area contributed by atoms with Crippen molar-refractivity contribution in [1.29, 1.82) is 0 Å². The molecule has 1 unspecified atom stereocenters. The van der Waals surface area contributed by atoms with Gasteiger partial charge in [-0.25, -0.2) is 14.4 Å². The van der Waals surface area contributed by atoms with Crippen molar-refractivity contribution < 1.29 is 9.13 Å². The molecule has 0 aliphatic carbocycles. The molecule has 19 heavy (non-hydrogen) atoms. The van der Waals surface area contributed by atoms with E-state index >= 15 is 0 Å². The number of aromatic nitrogens is 2. The van der Waals surface area contributed by atoms with Crippen LogP contribution in [0.5, 0.6) is 5.88 Å². The van der Waals surface area contributed by atoms with E-state index < -0.39 is 0 Å². The van der Waals surface area contributed by atoms with Crippen molar-refractivity contribution in [3.05, 3.63) is 53.7 Å². The maximum absolute atomic E-state index is 13.2. The lowest BCUT2D eigenvalue weighted by Crippen LogP contribution is -2.20. The molecule has 1 atom stereocenters. The van der Waals surface area contributed by atoms with Gasteiger partial charge in [0, 0.05) is 6.07 Å². The van der Waals surface area contributed by atoms with E-state index in [1.165, 1.54) is 18.5 Å². The zero-order chi connectivity index (χ0) is 13.7. The molecule has 0 saturated heterocycles. The van der Waals surface area contributed by atoms with Crippen molar-refractivity contribution in [3.63, 3.8) is 0 Å². The molecule has 2 aromatic rings. The third-order valence-corrected chi connectivity index (χ3v) is 2.91. The molecule has 4 nitrogen and oxygen atoms in total. The van der Waals surface area contributed by atoms with Crippen molar-refractivity contribution in [1.82, 2.24) is 15.3 Å². The minimum Gasteiger partial charge on any atom is -0.481 e. The molecule has 0 bridgehead atoms. The molecule has 0 radical (unpaired) electrons. The molecular weight excluding hydrogens is 245 g/mol. The Morgan fingerprint density at radius 1 is 1.32 bits per heavy atom. The molecule has 0 aliphatic rings. The summed E-state index contributed by atoms with van der Waals surface area (Å²) in [4.78, 5) is 8.20. The predicted molar refractivity (Wildman–Crippen MR) is 70.5 cm³/mol. The first-order chi connectivity index (χ1) is 9.22. The topological polar surface area (TPSA) is 47.0 Å². The smallest absolute Gasteiger partial charge is 0.216 e. The zero-order valence-electron chi connectivity index (χ0n) is 10.9. The zero-order valence-corrected chi connectivity index (χ0v) is 10.9. The van der Waals surface area contributed by atoms with Crippen LogP contribution in [0.15, 0.2) is 36.7 Å². The molecule has 1 aromatic carbocycles. The fourth-order valence-corrected chi connectivity index (χ4v) is 1.91. The second-order valence-corrected chi connectivity index (χ2v) is 4.16. The van der Waals surface area contributed by atoms with Gasteiger partial charge in [-0.3, -0.25) is 0 Å². The predicted octanol–water partition coefficient (Wildman–Crippen LogP) is 2.13. The van der Waals surface area contributed by atoms with E-state index in [1.54, 1.807) is 19.2 Å². The molecule has 0 spiro atoms. The molecule has 0 amide bonds. The first kappa shape index (κ1) is 13.4. The summed E-state index contributed by atoms with van der Waals surface area (Å²) in [7, 11) is 3.41. The van der Waals surface area contributed by atoms with Crippen LogP contribution < -0.4 is 10.1 Å². The third-order valence-electron chi connectivity index (χ3n) is 2.91. The highest BCUT2D eigenvalue weighted by Crippen LogP contribution is 2.19. The lowest BCUT2D eigenvalue weighted by molar-refractivity contribution is 0.394. The molecule has 0 fully saturated rings. The quantitative estimate of drug-likeness (QED) is 0.895. The first-order valence-corrected chi connectivity index (χ1v) is 6.00. The Morgan fingerprint density at radius 3 is 2.84 bits per heavy atom. The fraction of sp³-hybridized carbons (Fsp3) is 0.286. The highest BCUT2D eigenvalue weighted by molar-refractivity contribution is 5.22. The molecule has 0 aliphatic heterocycles. The summed E-state index contributed by atoms with van der Waals surface area (Å²) in [6, 6.07) is 8.33. The van der Waals surface area contributed by atoms with Crippen LogP contribution in [-0.4, -0.2) is 24.1 Å². The monoisotopic (exact) mass is 261 g/mol. The number of rotatable bonds is 5. The van der Waals surface area contributed by atoms with Crippen LogP contribution in [-0.2, 0) is 6.42 Å². The second-order valence-electron chi connectivity index (χ2n) is 4.16. The number of nitrogens with one attached hydrogen (secondary N) is 1. The minimum absolute atomic E-state index is 0.0151. The van der Waals surface area contributed by atoms with Gasteiger partial charge in [0.1, 0.15) is 12.1 Å². The molecule has 1 aromatic heterocycles. The number of nitrogens with zero attached hydrogens (tertiary/aromatic N) is 2. The van der Waals surface area contributed by atoms with Crippen molar-refractivity contribution in [3.8, 4) is 5.88 Å². The molecular formula is C14H16FN3O. The minimum atomic E-state index is -0.229.